The molecule has 0 atom stereocenters. The van der Waals surface area contributed by atoms with Gasteiger partial charge in [0.25, 0.3) is 0 Å². The summed E-state index contributed by atoms with van der Waals surface area (Å²) in [6.07, 6.45) is 0.662. The quantitative estimate of drug-likeness (QED) is 0.709. The molecule has 0 aliphatic heterocycles. The first-order chi connectivity index (χ1) is 12.5. The van der Waals surface area contributed by atoms with Gasteiger partial charge in [0.05, 0.1) is 27.9 Å². The molecule has 0 amide bonds. The van der Waals surface area contributed by atoms with Gasteiger partial charge in [-0.1, -0.05) is 12.1 Å². The van der Waals surface area contributed by atoms with Crippen LogP contribution in [-0.4, -0.2) is 39.1 Å². The van der Waals surface area contributed by atoms with Crippen LogP contribution in [0.4, 0.5) is 5.82 Å². The number of fused-ring (bicyclic) bond motifs is 1. The third kappa shape index (κ3) is 3.35. The zero-order valence-corrected chi connectivity index (χ0v) is 14.7. The Balaban J connectivity index is 1.85. The third-order valence-electron chi connectivity index (χ3n) is 4.28. The maximum Gasteiger partial charge on any atom is 0.337 e. The molecule has 132 valence electrons. The standard InChI is InChI=1S/C19H19N5O2/c1-3-24(9-8-17-22-15-6-4-5-7-16(15)23-17)18-13(11-20)10-14(19(25)26)12(2)21-18/h4-7,10H,3,8-9H2,1-2H3,(H,22,23)(H,25,26). The van der Waals surface area contributed by atoms with E-state index in [1.165, 1.54) is 6.07 Å². The van der Waals surface area contributed by atoms with Crippen molar-refractivity contribution < 1.29 is 9.90 Å². The lowest BCUT2D eigenvalue weighted by atomic mass is 10.1. The number of H-pyrrole nitrogens is 1. The number of anilines is 1. The molecule has 3 aromatic rings. The second-order valence-electron chi connectivity index (χ2n) is 5.94. The number of pyridine rings is 1. The minimum absolute atomic E-state index is 0.0543. The lowest BCUT2D eigenvalue weighted by Crippen LogP contribution is -2.28. The molecule has 0 aliphatic rings. The number of aromatic amines is 1. The van der Waals surface area contributed by atoms with Crippen molar-refractivity contribution >= 4 is 22.8 Å². The monoisotopic (exact) mass is 349 g/mol. The fraction of sp³-hybridized carbons (Fsp3) is 0.263. The number of carboxylic acid groups (broad SMARTS) is 1. The second kappa shape index (κ2) is 7.23. The van der Waals surface area contributed by atoms with Crippen LogP contribution in [0.2, 0.25) is 0 Å². The van der Waals surface area contributed by atoms with E-state index in [-0.39, 0.29) is 11.1 Å². The van der Waals surface area contributed by atoms with E-state index in [2.05, 4.69) is 21.0 Å². The molecular formula is C19H19N5O2. The molecule has 0 aliphatic carbocycles. The van der Waals surface area contributed by atoms with Gasteiger partial charge < -0.3 is 15.0 Å². The number of nitriles is 1. The van der Waals surface area contributed by atoms with Gasteiger partial charge in [0.1, 0.15) is 17.7 Å². The summed E-state index contributed by atoms with van der Waals surface area (Å²) in [6.45, 7) is 4.88. The van der Waals surface area contributed by atoms with Gasteiger partial charge in [-0.15, -0.1) is 0 Å². The van der Waals surface area contributed by atoms with Gasteiger partial charge in [-0.05, 0) is 32.0 Å². The van der Waals surface area contributed by atoms with Crippen molar-refractivity contribution in [3.05, 3.63) is 53.0 Å². The number of carbonyl (C=O) groups is 1. The zero-order valence-electron chi connectivity index (χ0n) is 14.7. The smallest absolute Gasteiger partial charge is 0.337 e. The van der Waals surface area contributed by atoms with Crippen LogP contribution in [0.25, 0.3) is 11.0 Å². The molecule has 0 saturated carbocycles. The number of benzene rings is 1. The van der Waals surface area contributed by atoms with Gasteiger partial charge in [-0.3, -0.25) is 0 Å². The summed E-state index contributed by atoms with van der Waals surface area (Å²) < 4.78 is 0. The number of imidazole rings is 1. The van der Waals surface area contributed by atoms with Crippen molar-refractivity contribution in [2.45, 2.75) is 20.3 Å². The zero-order chi connectivity index (χ0) is 18.7. The largest absolute Gasteiger partial charge is 0.478 e. The normalized spacial score (nSPS) is 10.7. The van der Waals surface area contributed by atoms with Crippen LogP contribution in [0, 0.1) is 18.3 Å². The molecule has 2 aromatic heterocycles. The van der Waals surface area contributed by atoms with Crippen LogP contribution in [0.3, 0.4) is 0 Å². The van der Waals surface area contributed by atoms with Gasteiger partial charge >= 0.3 is 5.97 Å². The predicted octanol–water partition coefficient (Wildman–Crippen LogP) is 2.91. The number of likely N-dealkylation sites (N-methyl/N-ethyl adjacent to an activating group) is 1. The van der Waals surface area contributed by atoms with E-state index in [9.17, 15) is 15.2 Å². The number of carboxylic acids is 1. The van der Waals surface area contributed by atoms with E-state index in [1.54, 1.807) is 6.92 Å². The van der Waals surface area contributed by atoms with Crippen molar-refractivity contribution in [1.29, 1.82) is 5.26 Å². The topological polar surface area (TPSA) is 106 Å². The number of hydrogen-bond acceptors (Lipinski definition) is 5. The highest BCUT2D eigenvalue weighted by Gasteiger charge is 2.18. The van der Waals surface area contributed by atoms with E-state index in [0.29, 0.717) is 31.0 Å². The number of aromatic carboxylic acids is 1. The summed E-state index contributed by atoms with van der Waals surface area (Å²) in [7, 11) is 0. The van der Waals surface area contributed by atoms with Crippen LogP contribution in [0.5, 0.6) is 0 Å². The lowest BCUT2D eigenvalue weighted by Gasteiger charge is -2.23. The number of aromatic nitrogens is 3. The van der Waals surface area contributed by atoms with E-state index >= 15 is 0 Å². The van der Waals surface area contributed by atoms with Gasteiger partial charge in [-0.25, -0.2) is 14.8 Å². The molecule has 0 radical (unpaired) electrons. The molecule has 3 rings (SSSR count). The first-order valence-corrected chi connectivity index (χ1v) is 8.37. The van der Waals surface area contributed by atoms with Crippen molar-refractivity contribution in [2.24, 2.45) is 0 Å². The molecular weight excluding hydrogens is 330 g/mol. The molecule has 2 heterocycles. The second-order valence-corrected chi connectivity index (χ2v) is 5.94. The van der Waals surface area contributed by atoms with Crippen molar-refractivity contribution in [3.63, 3.8) is 0 Å². The average Bonchev–Trinajstić information content (AvgIpc) is 3.05. The van der Waals surface area contributed by atoms with E-state index in [1.807, 2.05) is 36.1 Å². The first-order valence-electron chi connectivity index (χ1n) is 8.37. The Bertz CT molecular complexity index is 970. The molecule has 2 N–H and O–H groups in total. The Morgan fingerprint density at radius 3 is 2.77 bits per heavy atom. The lowest BCUT2D eigenvalue weighted by molar-refractivity contribution is 0.0695. The van der Waals surface area contributed by atoms with Crippen molar-refractivity contribution in [2.75, 3.05) is 18.0 Å². The Hall–Kier alpha value is -3.40. The number of para-hydroxylation sites is 2. The molecule has 26 heavy (non-hydrogen) atoms. The average molecular weight is 349 g/mol. The Morgan fingerprint density at radius 1 is 1.35 bits per heavy atom. The predicted molar refractivity (Wildman–Crippen MR) is 98.3 cm³/mol. The van der Waals surface area contributed by atoms with Crippen LogP contribution >= 0.6 is 0 Å². The van der Waals surface area contributed by atoms with E-state index < -0.39 is 5.97 Å². The molecule has 0 bridgehead atoms. The number of aryl methyl sites for hydroxylation is 1. The van der Waals surface area contributed by atoms with Gasteiger partial charge in [0, 0.05) is 19.5 Å². The fourth-order valence-electron chi connectivity index (χ4n) is 2.91. The summed E-state index contributed by atoms with van der Waals surface area (Å²) >= 11 is 0. The Kier molecular flexibility index (Phi) is 4.85. The Morgan fingerprint density at radius 2 is 2.12 bits per heavy atom. The number of nitrogens with one attached hydrogen (secondary N) is 1. The van der Waals surface area contributed by atoms with E-state index in [4.69, 9.17) is 0 Å². The molecule has 0 spiro atoms. The highest BCUT2D eigenvalue weighted by atomic mass is 16.4. The highest BCUT2D eigenvalue weighted by Crippen LogP contribution is 2.21. The van der Waals surface area contributed by atoms with Crippen molar-refractivity contribution in [1.82, 2.24) is 15.0 Å². The van der Waals surface area contributed by atoms with Crippen LogP contribution < -0.4 is 4.90 Å². The van der Waals surface area contributed by atoms with Crippen LogP contribution in [0.1, 0.15) is 34.4 Å². The third-order valence-corrected chi connectivity index (χ3v) is 4.28. The number of hydrogen-bond donors (Lipinski definition) is 2. The SMILES string of the molecule is CCN(CCc1nc2ccccc2[nH]1)c1nc(C)c(C(=O)O)cc1C#N. The molecule has 7 heteroatoms. The van der Waals surface area contributed by atoms with Gasteiger partial charge in [-0.2, -0.15) is 5.26 Å². The number of nitrogens with zero attached hydrogens (tertiary/aromatic N) is 4. The molecule has 0 unspecified atom stereocenters. The maximum absolute atomic E-state index is 11.3. The molecule has 7 nitrogen and oxygen atoms in total. The van der Waals surface area contributed by atoms with Crippen LogP contribution in [-0.2, 0) is 6.42 Å². The summed E-state index contributed by atoms with van der Waals surface area (Å²) in [5.74, 6) is 0.291. The summed E-state index contributed by atoms with van der Waals surface area (Å²) in [5, 5.41) is 18.6. The van der Waals surface area contributed by atoms with E-state index in [0.717, 1.165) is 16.9 Å². The minimum Gasteiger partial charge on any atom is -0.478 e. The highest BCUT2D eigenvalue weighted by molar-refractivity contribution is 5.90. The summed E-state index contributed by atoms with van der Waals surface area (Å²) in [4.78, 5) is 25.5. The minimum atomic E-state index is -1.08. The van der Waals surface area contributed by atoms with Gasteiger partial charge in [0.2, 0.25) is 0 Å². The molecule has 0 saturated heterocycles. The maximum atomic E-state index is 11.3. The molecule has 1 aromatic carbocycles. The van der Waals surface area contributed by atoms with Gasteiger partial charge in [0.15, 0.2) is 0 Å². The number of rotatable bonds is 6. The summed E-state index contributed by atoms with van der Waals surface area (Å²) in [6, 6.07) is 11.3. The Labute approximate surface area is 150 Å². The molecule has 0 fully saturated rings. The fourth-order valence-corrected chi connectivity index (χ4v) is 2.91. The first kappa shape index (κ1) is 17.4. The summed E-state index contributed by atoms with van der Waals surface area (Å²) in [5.41, 5.74) is 2.62. The van der Waals surface area contributed by atoms with Crippen molar-refractivity contribution in [3.8, 4) is 6.07 Å². The van der Waals surface area contributed by atoms with Crippen LogP contribution in [0.15, 0.2) is 30.3 Å².